The normalized spacial score (nSPS) is 37.4. The minimum absolute atomic E-state index is 0.234. The fraction of sp³-hybridized carbons (Fsp3) is 0.778. The van der Waals surface area contributed by atoms with Crippen molar-refractivity contribution in [1.82, 2.24) is 0 Å². The molecule has 1 saturated heterocycles. The third kappa shape index (κ3) is 1.80. The van der Waals surface area contributed by atoms with Crippen molar-refractivity contribution in [1.29, 1.82) is 0 Å². The Labute approximate surface area is 89.3 Å². The number of fused-ring (bicyclic) bond motifs is 1. The molecule has 0 bridgehead atoms. The molecule has 2 rings (SSSR count). The summed E-state index contributed by atoms with van der Waals surface area (Å²) in [6.07, 6.45) is 2.52. The zero-order valence-corrected chi connectivity index (χ0v) is 9.22. The van der Waals surface area contributed by atoms with Gasteiger partial charge in [-0.05, 0) is 25.2 Å². The molecule has 0 aromatic rings. The molecule has 1 saturated carbocycles. The molecule has 1 aliphatic carbocycles. The maximum absolute atomic E-state index is 11.5. The molecule has 0 aromatic carbocycles. The quantitative estimate of drug-likeness (QED) is 0.553. The molecule has 0 spiro atoms. The second-order valence-electron chi connectivity index (χ2n) is 4.10. The van der Waals surface area contributed by atoms with Crippen LogP contribution in [0.1, 0.15) is 26.2 Å². The van der Waals surface area contributed by atoms with E-state index in [-0.39, 0.29) is 23.8 Å². The molecule has 14 heavy (non-hydrogen) atoms. The van der Waals surface area contributed by atoms with Gasteiger partial charge in [0.25, 0.3) is 11.9 Å². The summed E-state index contributed by atoms with van der Waals surface area (Å²) in [4.78, 5) is 23.0. The fourth-order valence-corrected chi connectivity index (χ4v) is 2.80. The van der Waals surface area contributed by atoms with Gasteiger partial charge in [0.05, 0.1) is 11.8 Å². The lowest BCUT2D eigenvalue weighted by Crippen LogP contribution is -2.33. The zero-order chi connectivity index (χ0) is 10.1. The van der Waals surface area contributed by atoms with Gasteiger partial charge in [-0.25, -0.2) is 0 Å². The lowest BCUT2D eigenvalue weighted by Gasteiger charge is -2.30. The summed E-state index contributed by atoms with van der Waals surface area (Å²) in [6.45, 7) is 2.10. The van der Waals surface area contributed by atoms with Crippen molar-refractivity contribution in [2.75, 3.05) is 0 Å². The predicted molar refractivity (Wildman–Crippen MR) is 47.9 cm³/mol. The van der Waals surface area contributed by atoms with Crippen LogP contribution in [0.15, 0.2) is 0 Å². The largest absolute Gasteiger partial charge is 0.885 e. The highest BCUT2D eigenvalue weighted by atomic mass is 27.2. The first-order valence-electron chi connectivity index (χ1n) is 4.91. The van der Waals surface area contributed by atoms with Crippen molar-refractivity contribution in [2.45, 2.75) is 26.2 Å². The standard InChI is InChI=1S/C9H14O4.Al/c1-5-2-3-6(8(10)11)7(4-5)9(12)13;/h5-7H,2-4H2,1H3,(H,10,11)(H,12,13);/q;+2/p-2. The van der Waals surface area contributed by atoms with Gasteiger partial charge in [0.15, 0.2) is 0 Å². The van der Waals surface area contributed by atoms with E-state index in [1.54, 1.807) is 0 Å². The Kier molecular flexibility index (Phi) is 2.80. The molecule has 1 heterocycles. The lowest BCUT2D eigenvalue weighted by molar-refractivity contribution is -0.147. The fourth-order valence-electron chi connectivity index (χ4n) is 2.22. The molecule has 3 atom stereocenters. The van der Waals surface area contributed by atoms with Crippen LogP contribution in [-0.4, -0.2) is 27.8 Å². The Morgan fingerprint density at radius 2 is 1.79 bits per heavy atom. The molecule has 4 nitrogen and oxygen atoms in total. The summed E-state index contributed by atoms with van der Waals surface area (Å²) in [6, 6.07) is 0. The van der Waals surface area contributed by atoms with Crippen LogP contribution in [0.5, 0.6) is 0 Å². The first-order valence-corrected chi connectivity index (χ1v) is 5.85. The Morgan fingerprint density at radius 3 is 2.50 bits per heavy atom. The molecular formula is C9H12AlO4. The molecule has 0 N–H and O–H groups in total. The summed E-state index contributed by atoms with van der Waals surface area (Å²) in [5, 5.41) is 0. The average molecular weight is 211 g/mol. The highest BCUT2D eigenvalue weighted by Gasteiger charge is 2.42. The van der Waals surface area contributed by atoms with E-state index in [0.29, 0.717) is 5.92 Å². The first-order chi connectivity index (χ1) is 6.68. The van der Waals surface area contributed by atoms with Crippen molar-refractivity contribution in [3.63, 3.8) is 0 Å². The number of hydrogen-bond acceptors (Lipinski definition) is 4. The van der Waals surface area contributed by atoms with Crippen LogP contribution in [0.2, 0.25) is 0 Å². The van der Waals surface area contributed by atoms with Gasteiger partial charge in [-0.15, -0.1) is 0 Å². The van der Waals surface area contributed by atoms with Crippen LogP contribution in [0.25, 0.3) is 0 Å². The summed E-state index contributed by atoms with van der Waals surface area (Å²) in [5.41, 5.74) is 0. The SMILES string of the molecule is CC1CCC2C(=O)[O][Al][O]C(=O)C2C1. The Balaban J connectivity index is 2.18. The highest BCUT2D eigenvalue weighted by molar-refractivity contribution is 6.27. The summed E-state index contributed by atoms with van der Waals surface area (Å²) in [5.74, 6) is -0.454. The van der Waals surface area contributed by atoms with Crippen molar-refractivity contribution in [3.05, 3.63) is 0 Å². The van der Waals surface area contributed by atoms with Crippen LogP contribution in [0.3, 0.4) is 0 Å². The molecular weight excluding hydrogens is 199 g/mol. The van der Waals surface area contributed by atoms with Gasteiger partial charge >= 0.3 is 15.9 Å². The van der Waals surface area contributed by atoms with E-state index in [9.17, 15) is 9.59 Å². The second kappa shape index (κ2) is 3.92. The van der Waals surface area contributed by atoms with E-state index >= 15 is 0 Å². The van der Waals surface area contributed by atoms with E-state index in [1.165, 1.54) is 0 Å². The first kappa shape index (κ1) is 10.0. The van der Waals surface area contributed by atoms with Gasteiger partial charge < -0.3 is 7.58 Å². The smallest absolute Gasteiger partial charge is 0.589 e. The van der Waals surface area contributed by atoms with Crippen molar-refractivity contribution in [2.24, 2.45) is 17.8 Å². The lowest BCUT2D eigenvalue weighted by atomic mass is 9.75. The summed E-state index contributed by atoms with van der Waals surface area (Å²) in [7, 11) is 0. The Bertz CT molecular complexity index is 266. The number of rotatable bonds is 0. The van der Waals surface area contributed by atoms with Crippen LogP contribution in [-0.2, 0) is 17.2 Å². The third-order valence-electron chi connectivity index (χ3n) is 3.05. The van der Waals surface area contributed by atoms with E-state index in [1.807, 2.05) is 0 Å². The van der Waals surface area contributed by atoms with E-state index in [0.717, 1.165) is 19.3 Å². The van der Waals surface area contributed by atoms with E-state index < -0.39 is 15.9 Å². The molecule has 3 unspecified atom stereocenters. The Hall–Kier alpha value is -0.528. The van der Waals surface area contributed by atoms with Crippen LogP contribution >= 0.6 is 0 Å². The topological polar surface area (TPSA) is 52.6 Å². The zero-order valence-electron chi connectivity index (χ0n) is 8.06. The van der Waals surface area contributed by atoms with Gasteiger partial charge in [0, 0.05) is 0 Å². The van der Waals surface area contributed by atoms with Gasteiger partial charge in [-0.1, -0.05) is 6.92 Å². The molecule has 2 aliphatic rings. The van der Waals surface area contributed by atoms with Crippen LogP contribution in [0.4, 0.5) is 0 Å². The van der Waals surface area contributed by atoms with Crippen LogP contribution in [0, 0.1) is 17.8 Å². The number of carbonyl (C=O) groups excluding carboxylic acids is 2. The van der Waals surface area contributed by atoms with Crippen molar-refractivity contribution >= 4 is 27.8 Å². The molecule has 0 aromatic heterocycles. The van der Waals surface area contributed by atoms with Gasteiger partial charge in [0.2, 0.25) is 0 Å². The maximum atomic E-state index is 11.5. The molecule has 1 aliphatic heterocycles. The van der Waals surface area contributed by atoms with Crippen LogP contribution < -0.4 is 0 Å². The Morgan fingerprint density at radius 1 is 1.14 bits per heavy atom. The predicted octanol–water partition coefficient (Wildman–Crippen LogP) is 0.673. The number of carbonyl (C=O) groups is 2. The minimum atomic E-state index is -0.919. The minimum Gasteiger partial charge on any atom is -0.589 e. The van der Waals surface area contributed by atoms with Gasteiger partial charge in [0.1, 0.15) is 0 Å². The molecule has 1 radical (unpaired) electrons. The maximum Gasteiger partial charge on any atom is 0.885 e. The van der Waals surface area contributed by atoms with Gasteiger partial charge in [-0.3, -0.25) is 9.59 Å². The summed E-state index contributed by atoms with van der Waals surface area (Å²) >= 11 is -0.919. The van der Waals surface area contributed by atoms with E-state index in [4.69, 9.17) is 7.58 Å². The molecule has 75 valence electrons. The number of hydrogen-bond donors (Lipinski definition) is 0. The van der Waals surface area contributed by atoms with Crippen molar-refractivity contribution in [3.8, 4) is 0 Å². The molecule has 2 fully saturated rings. The summed E-state index contributed by atoms with van der Waals surface area (Å²) < 4.78 is 9.77. The van der Waals surface area contributed by atoms with Gasteiger partial charge in [-0.2, -0.15) is 0 Å². The molecule has 5 heteroatoms. The monoisotopic (exact) mass is 211 g/mol. The third-order valence-corrected chi connectivity index (χ3v) is 3.70. The van der Waals surface area contributed by atoms with E-state index in [2.05, 4.69) is 6.92 Å². The second-order valence-corrected chi connectivity index (χ2v) is 4.77. The van der Waals surface area contributed by atoms with Crippen molar-refractivity contribution < 1.29 is 17.2 Å². The average Bonchev–Trinajstić information content (AvgIpc) is 2.28. The molecule has 0 amide bonds. The highest BCUT2D eigenvalue weighted by Crippen LogP contribution is 2.36.